The molecule has 0 aromatic heterocycles. The molecule has 8 heteroatoms. The monoisotopic (exact) mass is 525 g/mol. The Bertz CT molecular complexity index is 1330. The Morgan fingerprint density at radius 3 is 2.45 bits per heavy atom. The summed E-state index contributed by atoms with van der Waals surface area (Å²) < 4.78 is 47.5. The van der Waals surface area contributed by atoms with Crippen LogP contribution in [0, 0.1) is 5.41 Å². The third-order valence-corrected chi connectivity index (χ3v) is 7.48. The molecular formula is C30H33F2NO5. The van der Waals surface area contributed by atoms with Crippen LogP contribution in [0.1, 0.15) is 56.2 Å². The third-order valence-electron chi connectivity index (χ3n) is 7.48. The molecule has 0 N–H and O–H groups in total. The molecule has 0 fully saturated rings. The van der Waals surface area contributed by atoms with Gasteiger partial charge < -0.3 is 23.8 Å². The lowest BCUT2D eigenvalue weighted by atomic mass is 9.69. The van der Waals surface area contributed by atoms with Gasteiger partial charge in [0, 0.05) is 41.4 Å². The smallest absolute Gasteiger partial charge is 0.387 e. The molecule has 0 unspecified atom stereocenters. The lowest BCUT2D eigenvalue weighted by Crippen LogP contribution is -2.40. The molecule has 2 aliphatic heterocycles. The summed E-state index contributed by atoms with van der Waals surface area (Å²) in [5, 5.41) is 0. The van der Waals surface area contributed by atoms with Gasteiger partial charge in [0.25, 0.3) is 0 Å². The Morgan fingerprint density at radius 1 is 1.03 bits per heavy atom. The zero-order valence-corrected chi connectivity index (χ0v) is 22.4. The van der Waals surface area contributed by atoms with Crippen molar-refractivity contribution >= 4 is 11.5 Å². The number of halogens is 2. The van der Waals surface area contributed by atoms with E-state index in [9.17, 15) is 13.6 Å². The standard InChI is InChI=1S/C30H33F2NO5/c1-6-37-27-12-17(7-8-24(27)38-29(31)32)20-13-21-19-14-26(36-5)25(35-4)11-18(19)9-10-33(21)22-15-30(2,3)16-23(34)28(20)22/h7-8,11-14,20,29H,6,9-10,15-16H2,1-5H3/t20-/m0/s1. The Kier molecular flexibility index (Phi) is 6.84. The van der Waals surface area contributed by atoms with E-state index in [2.05, 4.69) is 29.6 Å². The van der Waals surface area contributed by atoms with Gasteiger partial charge in [-0.3, -0.25) is 4.79 Å². The lowest BCUT2D eigenvalue weighted by Gasteiger charge is -2.46. The maximum Gasteiger partial charge on any atom is 0.387 e. The first-order valence-electron chi connectivity index (χ1n) is 12.9. The summed E-state index contributed by atoms with van der Waals surface area (Å²) in [5.41, 5.74) is 5.59. The number of benzene rings is 2. The normalized spacial score (nSPS) is 19.9. The van der Waals surface area contributed by atoms with Crippen molar-refractivity contribution in [1.29, 1.82) is 0 Å². The predicted octanol–water partition coefficient (Wildman–Crippen LogP) is 6.34. The molecule has 1 atom stereocenters. The average Bonchev–Trinajstić information content (AvgIpc) is 2.87. The van der Waals surface area contributed by atoms with Crippen LogP contribution in [0.5, 0.6) is 23.0 Å². The predicted molar refractivity (Wildman–Crippen MR) is 140 cm³/mol. The second-order valence-corrected chi connectivity index (χ2v) is 10.6. The lowest BCUT2D eigenvalue weighted by molar-refractivity contribution is -0.118. The van der Waals surface area contributed by atoms with Crippen molar-refractivity contribution in [1.82, 2.24) is 4.90 Å². The zero-order valence-electron chi connectivity index (χ0n) is 22.4. The van der Waals surface area contributed by atoms with Crippen LogP contribution in [0.3, 0.4) is 0 Å². The third kappa shape index (κ3) is 4.61. The highest BCUT2D eigenvalue weighted by Gasteiger charge is 2.43. The number of ether oxygens (including phenoxy) is 4. The Balaban J connectivity index is 1.69. The van der Waals surface area contributed by atoms with Gasteiger partial charge in [0.05, 0.1) is 20.8 Å². The Morgan fingerprint density at radius 2 is 1.76 bits per heavy atom. The summed E-state index contributed by atoms with van der Waals surface area (Å²) in [6.45, 7) is 4.10. The molecular weight excluding hydrogens is 492 g/mol. The van der Waals surface area contributed by atoms with E-state index < -0.39 is 6.61 Å². The quantitative estimate of drug-likeness (QED) is 0.420. The SMILES string of the molecule is CCOc1cc([C@@H]2C=C3c4cc(OC)c(OC)cc4CCN3C3=C2C(=O)CC(C)(C)C3)ccc1OC(F)F. The number of fused-ring (bicyclic) bond motifs is 4. The van der Waals surface area contributed by atoms with Gasteiger partial charge >= 0.3 is 6.61 Å². The summed E-state index contributed by atoms with van der Waals surface area (Å²) in [7, 11) is 3.24. The second-order valence-electron chi connectivity index (χ2n) is 10.6. The van der Waals surface area contributed by atoms with Crippen molar-refractivity contribution in [2.24, 2.45) is 5.41 Å². The van der Waals surface area contributed by atoms with Gasteiger partial charge in [-0.1, -0.05) is 19.9 Å². The van der Waals surface area contributed by atoms with Gasteiger partial charge in [-0.05, 0) is 66.6 Å². The highest BCUT2D eigenvalue weighted by atomic mass is 19.3. The highest BCUT2D eigenvalue weighted by molar-refractivity contribution is 6.01. The van der Waals surface area contributed by atoms with E-state index in [0.29, 0.717) is 24.5 Å². The van der Waals surface area contributed by atoms with Crippen molar-refractivity contribution in [2.75, 3.05) is 27.4 Å². The number of ketones is 1. The second kappa shape index (κ2) is 9.97. The number of nitrogens with zero attached hydrogens (tertiary/aromatic N) is 1. The topological polar surface area (TPSA) is 57.2 Å². The largest absolute Gasteiger partial charge is 0.493 e. The number of rotatable bonds is 7. The number of hydrogen-bond donors (Lipinski definition) is 0. The van der Waals surface area contributed by atoms with Crippen LogP contribution in [0.2, 0.25) is 0 Å². The summed E-state index contributed by atoms with van der Waals surface area (Å²) in [6, 6.07) is 8.97. The molecule has 2 heterocycles. The number of Topliss-reactive ketones (excluding diaryl/α,β-unsaturated/α-hetero) is 1. The molecule has 2 aromatic rings. The van der Waals surface area contributed by atoms with E-state index in [-0.39, 0.29) is 28.6 Å². The van der Waals surface area contributed by atoms with Gasteiger partial charge in [-0.25, -0.2) is 0 Å². The summed E-state index contributed by atoms with van der Waals surface area (Å²) in [4.78, 5) is 15.9. The van der Waals surface area contributed by atoms with Crippen LogP contribution >= 0.6 is 0 Å². The molecule has 1 aliphatic carbocycles. The van der Waals surface area contributed by atoms with Gasteiger partial charge in [0.15, 0.2) is 28.8 Å². The zero-order chi connectivity index (χ0) is 27.2. The maximum absolute atomic E-state index is 13.6. The minimum Gasteiger partial charge on any atom is -0.493 e. The first-order chi connectivity index (χ1) is 18.2. The van der Waals surface area contributed by atoms with Crippen molar-refractivity contribution in [3.63, 3.8) is 0 Å². The van der Waals surface area contributed by atoms with Crippen LogP contribution in [-0.2, 0) is 11.2 Å². The molecule has 0 bridgehead atoms. The van der Waals surface area contributed by atoms with Crippen LogP contribution in [0.4, 0.5) is 8.78 Å². The molecule has 0 saturated carbocycles. The minimum absolute atomic E-state index is 0.0270. The molecule has 5 rings (SSSR count). The summed E-state index contributed by atoms with van der Waals surface area (Å²) in [5.74, 6) is 1.27. The molecule has 0 amide bonds. The van der Waals surface area contributed by atoms with Gasteiger partial charge in [0.1, 0.15) is 0 Å². The fourth-order valence-corrected chi connectivity index (χ4v) is 5.90. The van der Waals surface area contributed by atoms with Gasteiger partial charge in [-0.2, -0.15) is 8.78 Å². The average molecular weight is 526 g/mol. The van der Waals surface area contributed by atoms with Crippen molar-refractivity contribution in [3.8, 4) is 23.0 Å². The molecule has 3 aliphatic rings. The van der Waals surface area contributed by atoms with Crippen LogP contribution in [0.15, 0.2) is 47.7 Å². The summed E-state index contributed by atoms with van der Waals surface area (Å²) in [6.07, 6.45) is 4.12. The molecule has 38 heavy (non-hydrogen) atoms. The molecule has 0 spiro atoms. The molecule has 0 radical (unpaired) electrons. The fourth-order valence-electron chi connectivity index (χ4n) is 5.90. The van der Waals surface area contributed by atoms with E-state index >= 15 is 0 Å². The Labute approximate surface area is 221 Å². The van der Waals surface area contributed by atoms with Crippen LogP contribution in [0.25, 0.3) is 5.70 Å². The number of carbonyl (C=O) groups excluding carboxylic acids is 1. The van der Waals surface area contributed by atoms with Crippen molar-refractivity contribution < 1.29 is 32.5 Å². The van der Waals surface area contributed by atoms with E-state index in [1.807, 2.05) is 12.1 Å². The van der Waals surface area contributed by atoms with Gasteiger partial charge in [-0.15, -0.1) is 0 Å². The first-order valence-corrected chi connectivity index (χ1v) is 12.9. The van der Waals surface area contributed by atoms with Crippen LogP contribution < -0.4 is 18.9 Å². The van der Waals surface area contributed by atoms with E-state index in [0.717, 1.165) is 53.0 Å². The molecule has 6 nitrogen and oxygen atoms in total. The number of allylic oxidation sites excluding steroid dienone is 3. The summed E-state index contributed by atoms with van der Waals surface area (Å²) >= 11 is 0. The van der Waals surface area contributed by atoms with E-state index in [1.165, 1.54) is 6.07 Å². The minimum atomic E-state index is -2.97. The van der Waals surface area contributed by atoms with E-state index in [1.54, 1.807) is 33.3 Å². The molecule has 2 aromatic carbocycles. The number of methoxy groups -OCH3 is 2. The van der Waals surface area contributed by atoms with Gasteiger partial charge in [0.2, 0.25) is 0 Å². The number of carbonyl (C=O) groups is 1. The first kappa shape index (κ1) is 26.1. The molecule has 0 saturated heterocycles. The Hall–Kier alpha value is -3.55. The molecule has 202 valence electrons. The van der Waals surface area contributed by atoms with Crippen molar-refractivity contribution in [3.05, 3.63) is 64.4 Å². The number of hydrogen-bond acceptors (Lipinski definition) is 6. The maximum atomic E-state index is 13.6. The van der Waals surface area contributed by atoms with Crippen molar-refractivity contribution in [2.45, 2.75) is 52.6 Å². The van der Waals surface area contributed by atoms with Crippen LogP contribution in [-0.4, -0.2) is 44.7 Å². The highest BCUT2D eigenvalue weighted by Crippen LogP contribution is 2.51. The van der Waals surface area contributed by atoms with E-state index in [4.69, 9.17) is 14.2 Å². The fraction of sp³-hybridized carbons (Fsp3) is 0.433. The number of alkyl halides is 2.